The third kappa shape index (κ3) is 6.43. The van der Waals surface area contributed by atoms with E-state index in [0.29, 0.717) is 25.4 Å². The second kappa shape index (κ2) is 9.60. The summed E-state index contributed by atoms with van der Waals surface area (Å²) in [5.74, 6) is -0.387. The smallest absolute Gasteiger partial charge is 0.307 e. The number of carbonyl (C=O) groups excluding carboxylic acids is 2. The van der Waals surface area contributed by atoms with Gasteiger partial charge < -0.3 is 15.4 Å². The molecular weight excluding hydrogens is 280 g/mol. The molecule has 1 aromatic carbocycles. The van der Waals surface area contributed by atoms with Crippen molar-refractivity contribution in [3.05, 3.63) is 35.9 Å². The van der Waals surface area contributed by atoms with Crippen molar-refractivity contribution in [1.82, 2.24) is 4.90 Å². The molecule has 0 aromatic heterocycles. The summed E-state index contributed by atoms with van der Waals surface area (Å²) in [5, 5.41) is 0. The van der Waals surface area contributed by atoms with Gasteiger partial charge in [0.2, 0.25) is 5.91 Å². The quantitative estimate of drug-likeness (QED) is 0.455. The molecule has 0 aliphatic rings. The summed E-state index contributed by atoms with van der Waals surface area (Å²) >= 11 is 0. The van der Waals surface area contributed by atoms with Gasteiger partial charge in [-0.15, -0.1) is 0 Å². The van der Waals surface area contributed by atoms with E-state index in [1.54, 1.807) is 30.0 Å². The van der Waals surface area contributed by atoms with Crippen molar-refractivity contribution in [2.24, 2.45) is 0 Å². The number of nitrogens with zero attached hydrogens (tertiary/aromatic N) is 1. The Kier molecular flexibility index (Phi) is 7.75. The van der Waals surface area contributed by atoms with Crippen LogP contribution in [0.3, 0.4) is 0 Å². The standard InChI is InChI=1S/C17H24N2O3/c1-3-12-19(13-11-17(21)22-4-2)16(20)10-7-14-5-8-15(18)9-6-14/h5-10H,3-4,11-13,18H2,1-2H3/b10-7+. The fraction of sp³-hybridized carbons (Fsp3) is 0.412. The highest BCUT2D eigenvalue weighted by atomic mass is 16.5. The third-order valence-corrected chi connectivity index (χ3v) is 3.05. The number of rotatable bonds is 8. The van der Waals surface area contributed by atoms with E-state index in [1.165, 1.54) is 6.08 Å². The van der Waals surface area contributed by atoms with E-state index in [0.717, 1.165) is 12.0 Å². The lowest BCUT2D eigenvalue weighted by molar-refractivity contribution is -0.143. The van der Waals surface area contributed by atoms with Gasteiger partial charge in [-0.25, -0.2) is 0 Å². The second-order valence-electron chi connectivity index (χ2n) is 4.88. The summed E-state index contributed by atoms with van der Waals surface area (Å²) in [6.07, 6.45) is 4.32. The van der Waals surface area contributed by atoms with Gasteiger partial charge in [0.25, 0.3) is 0 Å². The Morgan fingerprint density at radius 3 is 2.45 bits per heavy atom. The maximum absolute atomic E-state index is 12.2. The van der Waals surface area contributed by atoms with Crippen LogP contribution in [0.1, 0.15) is 32.3 Å². The number of carbonyl (C=O) groups is 2. The van der Waals surface area contributed by atoms with Gasteiger partial charge in [0.1, 0.15) is 0 Å². The van der Waals surface area contributed by atoms with Crippen molar-refractivity contribution in [2.45, 2.75) is 26.7 Å². The highest BCUT2D eigenvalue weighted by Crippen LogP contribution is 2.08. The number of esters is 1. The van der Waals surface area contributed by atoms with Gasteiger partial charge in [0.15, 0.2) is 0 Å². The van der Waals surface area contributed by atoms with Gasteiger partial charge in [0, 0.05) is 24.9 Å². The number of anilines is 1. The van der Waals surface area contributed by atoms with E-state index in [-0.39, 0.29) is 18.3 Å². The Hall–Kier alpha value is -2.30. The van der Waals surface area contributed by atoms with Crippen LogP contribution in [0, 0.1) is 0 Å². The van der Waals surface area contributed by atoms with Gasteiger partial charge in [-0.2, -0.15) is 0 Å². The Morgan fingerprint density at radius 1 is 1.18 bits per heavy atom. The molecule has 0 spiro atoms. The zero-order valence-electron chi connectivity index (χ0n) is 13.2. The molecule has 22 heavy (non-hydrogen) atoms. The molecule has 0 fully saturated rings. The average Bonchev–Trinajstić information content (AvgIpc) is 2.51. The highest BCUT2D eigenvalue weighted by Gasteiger charge is 2.12. The first kappa shape index (κ1) is 17.8. The Bertz CT molecular complexity index is 509. The minimum Gasteiger partial charge on any atom is -0.466 e. The summed E-state index contributed by atoms with van der Waals surface area (Å²) in [4.78, 5) is 25.3. The first-order valence-electron chi connectivity index (χ1n) is 7.55. The SMILES string of the molecule is CCCN(CCC(=O)OCC)C(=O)/C=C/c1ccc(N)cc1. The van der Waals surface area contributed by atoms with Crippen LogP contribution in [0.4, 0.5) is 5.69 Å². The maximum atomic E-state index is 12.2. The molecule has 0 atom stereocenters. The van der Waals surface area contributed by atoms with Gasteiger partial charge >= 0.3 is 5.97 Å². The van der Waals surface area contributed by atoms with Crippen LogP contribution in [0.25, 0.3) is 6.08 Å². The van der Waals surface area contributed by atoms with E-state index in [1.807, 2.05) is 19.1 Å². The molecule has 0 saturated carbocycles. The van der Waals surface area contributed by atoms with Crippen LogP contribution in [0.2, 0.25) is 0 Å². The lowest BCUT2D eigenvalue weighted by atomic mass is 10.2. The fourth-order valence-electron chi connectivity index (χ4n) is 1.94. The predicted octanol–water partition coefficient (Wildman–Crippen LogP) is 2.47. The molecule has 0 aliphatic carbocycles. The molecule has 0 heterocycles. The summed E-state index contributed by atoms with van der Waals surface area (Å²) in [7, 11) is 0. The number of ether oxygens (including phenoxy) is 1. The largest absolute Gasteiger partial charge is 0.466 e. The molecule has 0 aliphatic heterocycles. The van der Waals surface area contributed by atoms with Crippen LogP contribution in [0.15, 0.2) is 30.3 Å². The van der Waals surface area contributed by atoms with Crippen molar-refractivity contribution in [1.29, 1.82) is 0 Å². The first-order valence-corrected chi connectivity index (χ1v) is 7.55. The van der Waals surface area contributed by atoms with Gasteiger partial charge in [-0.1, -0.05) is 19.1 Å². The molecule has 1 amide bonds. The maximum Gasteiger partial charge on any atom is 0.307 e. The summed E-state index contributed by atoms with van der Waals surface area (Å²) in [6.45, 7) is 5.11. The van der Waals surface area contributed by atoms with E-state index in [2.05, 4.69) is 0 Å². The number of nitrogens with two attached hydrogens (primary N) is 1. The molecule has 0 bridgehead atoms. The topological polar surface area (TPSA) is 72.6 Å². The first-order chi connectivity index (χ1) is 10.6. The van der Waals surface area contributed by atoms with E-state index < -0.39 is 0 Å². The zero-order chi connectivity index (χ0) is 16.4. The van der Waals surface area contributed by atoms with Crippen molar-refractivity contribution < 1.29 is 14.3 Å². The van der Waals surface area contributed by atoms with Crippen molar-refractivity contribution in [2.75, 3.05) is 25.4 Å². The molecule has 1 aromatic rings. The summed E-state index contributed by atoms with van der Waals surface area (Å²) < 4.78 is 4.88. The van der Waals surface area contributed by atoms with Crippen LogP contribution in [-0.4, -0.2) is 36.5 Å². The van der Waals surface area contributed by atoms with E-state index in [4.69, 9.17) is 10.5 Å². The highest BCUT2D eigenvalue weighted by molar-refractivity contribution is 5.92. The monoisotopic (exact) mass is 304 g/mol. The van der Waals surface area contributed by atoms with Crippen molar-refractivity contribution in [3.8, 4) is 0 Å². The zero-order valence-corrected chi connectivity index (χ0v) is 13.2. The van der Waals surface area contributed by atoms with E-state index in [9.17, 15) is 9.59 Å². The molecule has 5 nitrogen and oxygen atoms in total. The number of hydrogen-bond donors (Lipinski definition) is 1. The lowest BCUT2D eigenvalue weighted by Crippen LogP contribution is -2.32. The predicted molar refractivity (Wildman–Crippen MR) is 88.0 cm³/mol. The molecule has 1 rings (SSSR count). The van der Waals surface area contributed by atoms with Crippen LogP contribution < -0.4 is 5.73 Å². The second-order valence-corrected chi connectivity index (χ2v) is 4.88. The molecule has 5 heteroatoms. The fourth-order valence-corrected chi connectivity index (χ4v) is 1.94. The number of benzene rings is 1. The van der Waals surface area contributed by atoms with Gasteiger partial charge in [-0.3, -0.25) is 9.59 Å². The molecule has 0 radical (unpaired) electrons. The van der Waals surface area contributed by atoms with Gasteiger partial charge in [-0.05, 0) is 37.1 Å². The Labute approximate surface area is 131 Å². The van der Waals surface area contributed by atoms with Crippen LogP contribution in [-0.2, 0) is 14.3 Å². The molecule has 0 unspecified atom stereocenters. The number of nitrogen functional groups attached to an aromatic ring is 1. The summed E-state index contributed by atoms with van der Waals surface area (Å²) in [5.41, 5.74) is 7.21. The molecule has 2 N–H and O–H groups in total. The van der Waals surface area contributed by atoms with Crippen LogP contribution in [0.5, 0.6) is 0 Å². The van der Waals surface area contributed by atoms with Crippen molar-refractivity contribution in [3.63, 3.8) is 0 Å². The number of hydrogen-bond acceptors (Lipinski definition) is 4. The van der Waals surface area contributed by atoms with Crippen molar-refractivity contribution >= 4 is 23.6 Å². The minimum absolute atomic E-state index is 0.108. The number of amides is 1. The molecular formula is C17H24N2O3. The normalized spacial score (nSPS) is 10.6. The van der Waals surface area contributed by atoms with Gasteiger partial charge in [0.05, 0.1) is 13.0 Å². The van der Waals surface area contributed by atoms with E-state index >= 15 is 0 Å². The lowest BCUT2D eigenvalue weighted by Gasteiger charge is -2.20. The third-order valence-electron chi connectivity index (χ3n) is 3.05. The molecule has 0 saturated heterocycles. The summed E-state index contributed by atoms with van der Waals surface area (Å²) in [6, 6.07) is 7.27. The Morgan fingerprint density at radius 2 is 1.86 bits per heavy atom. The molecule has 120 valence electrons. The Balaban J connectivity index is 2.60. The van der Waals surface area contributed by atoms with Crippen LogP contribution >= 0.6 is 0 Å². The average molecular weight is 304 g/mol. The minimum atomic E-state index is -0.279.